The van der Waals surface area contributed by atoms with Crippen molar-refractivity contribution in [3.63, 3.8) is 0 Å². The van der Waals surface area contributed by atoms with Crippen LogP contribution in [0.5, 0.6) is 11.5 Å². The zero-order valence-electron chi connectivity index (χ0n) is 20.9. The highest BCUT2D eigenvalue weighted by atomic mass is 79.9. The van der Waals surface area contributed by atoms with Gasteiger partial charge in [-0.2, -0.15) is 0 Å². The van der Waals surface area contributed by atoms with E-state index < -0.39 is 6.04 Å². The Kier molecular flexibility index (Phi) is 7.31. The molecule has 1 atom stereocenters. The molecule has 0 saturated carbocycles. The van der Waals surface area contributed by atoms with Crippen molar-refractivity contribution in [1.82, 2.24) is 4.57 Å². The molecule has 1 N–H and O–H groups in total. The highest BCUT2D eigenvalue weighted by Gasteiger charge is 2.32. The van der Waals surface area contributed by atoms with Crippen LogP contribution in [0.25, 0.3) is 6.08 Å². The van der Waals surface area contributed by atoms with Crippen molar-refractivity contribution in [3.05, 3.63) is 119 Å². The molecule has 0 unspecified atom stereocenters. The number of allylic oxidation sites excluding steroid dienone is 1. The Hall–Kier alpha value is -3.95. The fourth-order valence-electron chi connectivity index (χ4n) is 4.36. The monoisotopic (exact) mass is 589 g/mol. The SMILES string of the molecule is COc1cccc([C@@H]2C(C(=O)Nc3ccccc3)=C(C)N=c3s/c(=C\c4cc(OC)ccc4Br)c(=O)n32)c1. The average Bonchev–Trinajstić information content (AvgIpc) is 3.23. The zero-order chi connectivity index (χ0) is 26.8. The number of fused-ring (bicyclic) bond motifs is 1. The molecule has 1 aliphatic heterocycles. The molecule has 1 aliphatic rings. The minimum Gasteiger partial charge on any atom is -0.497 e. The maximum absolute atomic E-state index is 13.9. The number of anilines is 1. The summed E-state index contributed by atoms with van der Waals surface area (Å²) < 4.78 is 13.7. The number of methoxy groups -OCH3 is 2. The summed E-state index contributed by atoms with van der Waals surface area (Å²) in [7, 11) is 3.18. The minimum absolute atomic E-state index is 0.242. The molecule has 1 amide bonds. The molecule has 7 nitrogen and oxygen atoms in total. The molecule has 5 rings (SSSR count). The first-order valence-electron chi connectivity index (χ1n) is 11.8. The summed E-state index contributed by atoms with van der Waals surface area (Å²) in [5.41, 5.74) is 2.89. The third kappa shape index (κ3) is 4.94. The van der Waals surface area contributed by atoms with Gasteiger partial charge >= 0.3 is 0 Å². The number of amides is 1. The smallest absolute Gasteiger partial charge is 0.271 e. The molecule has 38 heavy (non-hydrogen) atoms. The van der Waals surface area contributed by atoms with Gasteiger partial charge in [0.15, 0.2) is 4.80 Å². The van der Waals surface area contributed by atoms with E-state index in [1.54, 1.807) is 25.7 Å². The predicted molar refractivity (Wildman–Crippen MR) is 153 cm³/mol. The van der Waals surface area contributed by atoms with E-state index in [0.29, 0.717) is 37.8 Å². The summed E-state index contributed by atoms with van der Waals surface area (Å²) in [6, 6.07) is 21.5. The highest BCUT2D eigenvalue weighted by molar-refractivity contribution is 9.10. The van der Waals surface area contributed by atoms with Crippen LogP contribution < -0.4 is 29.7 Å². The molecule has 192 valence electrons. The summed E-state index contributed by atoms with van der Waals surface area (Å²) >= 11 is 4.84. The van der Waals surface area contributed by atoms with Gasteiger partial charge in [0.25, 0.3) is 11.5 Å². The second kappa shape index (κ2) is 10.8. The highest BCUT2D eigenvalue weighted by Crippen LogP contribution is 2.32. The number of aromatic nitrogens is 1. The second-order valence-corrected chi connectivity index (χ2v) is 10.4. The number of rotatable bonds is 6. The number of hydrogen-bond donors (Lipinski definition) is 1. The van der Waals surface area contributed by atoms with Crippen molar-refractivity contribution in [2.75, 3.05) is 19.5 Å². The van der Waals surface area contributed by atoms with Crippen molar-refractivity contribution < 1.29 is 14.3 Å². The van der Waals surface area contributed by atoms with Gasteiger partial charge in [-0.25, -0.2) is 4.99 Å². The van der Waals surface area contributed by atoms with Gasteiger partial charge in [0, 0.05) is 10.2 Å². The van der Waals surface area contributed by atoms with Crippen LogP contribution >= 0.6 is 27.3 Å². The lowest BCUT2D eigenvalue weighted by Crippen LogP contribution is -2.40. The molecule has 0 aliphatic carbocycles. The molecular formula is C29H24BrN3O4S. The average molecular weight is 590 g/mol. The van der Waals surface area contributed by atoms with Crippen molar-refractivity contribution in [1.29, 1.82) is 0 Å². The van der Waals surface area contributed by atoms with E-state index in [-0.39, 0.29) is 11.5 Å². The Balaban J connectivity index is 1.70. The quantitative estimate of drug-likeness (QED) is 0.355. The van der Waals surface area contributed by atoms with Crippen LogP contribution in [-0.2, 0) is 4.79 Å². The first kappa shape index (κ1) is 25.7. The van der Waals surface area contributed by atoms with E-state index in [1.807, 2.05) is 78.9 Å². The largest absolute Gasteiger partial charge is 0.497 e. The normalized spacial score (nSPS) is 15.1. The number of hydrogen-bond acceptors (Lipinski definition) is 6. The molecule has 0 bridgehead atoms. The Morgan fingerprint density at radius 1 is 1.03 bits per heavy atom. The summed E-state index contributed by atoms with van der Waals surface area (Å²) in [6.07, 6.45) is 1.81. The Labute approximate surface area is 231 Å². The second-order valence-electron chi connectivity index (χ2n) is 8.57. The van der Waals surface area contributed by atoms with E-state index >= 15 is 0 Å². The number of carbonyl (C=O) groups is 1. The van der Waals surface area contributed by atoms with Crippen molar-refractivity contribution >= 4 is 44.9 Å². The van der Waals surface area contributed by atoms with Gasteiger partial charge in [0.2, 0.25) is 0 Å². The predicted octanol–water partition coefficient (Wildman–Crippen LogP) is 4.65. The van der Waals surface area contributed by atoms with Gasteiger partial charge in [0.1, 0.15) is 11.5 Å². The molecular weight excluding hydrogens is 566 g/mol. The number of benzene rings is 3. The fraction of sp³-hybridized carbons (Fsp3) is 0.138. The summed E-state index contributed by atoms with van der Waals surface area (Å²) in [5, 5.41) is 2.96. The molecule has 4 aromatic rings. The number of thiazole rings is 1. The number of carbonyl (C=O) groups excluding carboxylic acids is 1. The Morgan fingerprint density at radius 3 is 2.50 bits per heavy atom. The van der Waals surface area contributed by atoms with Crippen LogP contribution in [0.2, 0.25) is 0 Å². The molecule has 1 aromatic heterocycles. The topological polar surface area (TPSA) is 81.9 Å². The number of nitrogens with one attached hydrogen (secondary N) is 1. The third-order valence-corrected chi connectivity index (χ3v) is 7.90. The van der Waals surface area contributed by atoms with Crippen molar-refractivity contribution in [2.45, 2.75) is 13.0 Å². The number of halogens is 1. The maximum atomic E-state index is 13.9. The summed E-state index contributed by atoms with van der Waals surface area (Å²) in [4.78, 5) is 32.8. The molecule has 0 spiro atoms. The van der Waals surface area contributed by atoms with Gasteiger partial charge in [-0.1, -0.05) is 57.6 Å². The van der Waals surface area contributed by atoms with E-state index in [4.69, 9.17) is 14.5 Å². The van der Waals surface area contributed by atoms with Gasteiger partial charge in [-0.15, -0.1) is 0 Å². The molecule has 3 aromatic carbocycles. The first-order chi connectivity index (χ1) is 18.4. The molecule has 0 saturated heterocycles. The number of ether oxygens (including phenoxy) is 2. The van der Waals surface area contributed by atoms with E-state index in [0.717, 1.165) is 15.6 Å². The zero-order valence-corrected chi connectivity index (χ0v) is 23.3. The van der Waals surface area contributed by atoms with Crippen LogP contribution in [0.3, 0.4) is 0 Å². The van der Waals surface area contributed by atoms with E-state index in [2.05, 4.69) is 21.2 Å². The lowest BCUT2D eigenvalue weighted by atomic mass is 9.95. The molecule has 9 heteroatoms. The van der Waals surface area contributed by atoms with Crippen LogP contribution in [-0.4, -0.2) is 24.7 Å². The van der Waals surface area contributed by atoms with Gasteiger partial charge < -0.3 is 14.8 Å². The summed E-state index contributed by atoms with van der Waals surface area (Å²) in [6.45, 7) is 1.79. The van der Waals surface area contributed by atoms with Crippen LogP contribution in [0.15, 0.2) is 98.3 Å². The standard InChI is InChI=1S/C29H24BrN3O4S/c1-17-25(27(34)32-20-9-5-4-6-10-20)26(18-8-7-11-21(14-18)36-2)33-28(35)24(38-29(33)31-17)16-19-15-22(37-3)12-13-23(19)30/h4-16,26H,1-3H3,(H,32,34)/b24-16-/t26-/m1/s1. The molecule has 2 heterocycles. The summed E-state index contributed by atoms with van der Waals surface area (Å²) in [5.74, 6) is 0.981. The fourth-order valence-corrected chi connectivity index (χ4v) is 5.76. The minimum atomic E-state index is -0.694. The molecule has 0 fully saturated rings. The van der Waals surface area contributed by atoms with Crippen LogP contribution in [0.1, 0.15) is 24.1 Å². The van der Waals surface area contributed by atoms with Gasteiger partial charge in [-0.05, 0) is 66.6 Å². The lowest BCUT2D eigenvalue weighted by molar-refractivity contribution is -0.113. The maximum Gasteiger partial charge on any atom is 0.271 e. The molecule has 0 radical (unpaired) electrons. The number of para-hydroxylation sites is 1. The first-order valence-corrected chi connectivity index (χ1v) is 13.4. The van der Waals surface area contributed by atoms with Crippen LogP contribution in [0.4, 0.5) is 5.69 Å². The Bertz CT molecular complexity index is 1740. The van der Waals surface area contributed by atoms with Crippen molar-refractivity contribution in [3.8, 4) is 11.5 Å². The van der Waals surface area contributed by atoms with E-state index in [1.165, 1.54) is 11.3 Å². The van der Waals surface area contributed by atoms with Crippen molar-refractivity contribution in [2.24, 2.45) is 4.99 Å². The van der Waals surface area contributed by atoms with Crippen LogP contribution in [0, 0.1) is 0 Å². The van der Waals surface area contributed by atoms with Gasteiger partial charge in [0.05, 0.1) is 36.1 Å². The van der Waals surface area contributed by atoms with E-state index in [9.17, 15) is 9.59 Å². The number of nitrogens with zero attached hydrogens (tertiary/aromatic N) is 2. The lowest BCUT2D eigenvalue weighted by Gasteiger charge is -2.25. The van der Waals surface area contributed by atoms with Gasteiger partial charge in [-0.3, -0.25) is 14.2 Å². The third-order valence-electron chi connectivity index (χ3n) is 6.20. The Morgan fingerprint density at radius 2 is 1.76 bits per heavy atom.